The van der Waals surface area contributed by atoms with Crippen LogP contribution in [-0.4, -0.2) is 10.1 Å². The van der Waals surface area contributed by atoms with Gasteiger partial charge in [-0.2, -0.15) is 5.26 Å². The number of aromatic nitrogens is 1. The van der Waals surface area contributed by atoms with Gasteiger partial charge in [0.05, 0.1) is 6.10 Å². The smallest absolute Gasteiger partial charge is 0.140 e. The monoisotopic (exact) mass is 280 g/mol. The third-order valence-electron chi connectivity index (χ3n) is 3.74. The summed E-state index contributed by atoms with van der Waals surface area (Å²) in [5.41, 5.74) is 3.47. The number of hydrogen-bond acceptors (Lipinski definition) is 4. The second-order valence-electron chi connectivity index (χ2n) is 5.22. The Labute approximate surface area is 123 Å². The van der Waals surface area contributed by atoms with Gasteiger partial charge < -0.3 is 9.84 Å². The van der Waals surface area contributed by atoms with Gasteiger partial charge in [-0.25, -0.2) is 4.98 Å². The molecule has 0 bridgehead atoms. The number of fused-ring (bicyclic) bond motifs is 1. The average molecular weight is 280 g/mol. The van der Waals surface area contributed by atoms with Crippen LogP contribution < -0.4 is 4.74 Å². The molecule has 0 spiro atoms. The van der Waals surface area contributed by atoms with Crippen molar-refractivity contribution in [3.05, 3.63) is 58.9 Å². The molecule has 1 aromatic heterocycles. The molecule has 1 aliphatic rings. The van der Waals surface area contributed by atoms with E-state index in [0.717, 1.165) is 36.1 Å². The molecule has 1 unspecified atom stereocenters. The van der Waals surface area contributed by atoms with Crippen molar-refractivity contribution < 1.29 is 9.84 Å². The van der Waals surface area contributed by atoms with Crippen LogP contribution in [0.5, 0.6) is 5.75 Å². The second-order valence-corrected chi connectivity index (χ2v) is 5.22. The highest BCUT2D eigenvalue weighted by molar-refractivity contribution is 5.38. The van der Waals surface area contributed by atoms with E-state index in [0.29, 0.717) is 12.3 Å². The van der Waals surface area contributed by atoms with E-state index in [9.17, 15) is 5.11 Å². The number of aliphatic hydroxyl groups excluding tert-OH is 1. The Hall–Kier alpha value is -2.38. The van der Waals surface area contributed by atoms with Gasteiger partial charge in [0.15, 0.2) is 0 Å². The third kappa shape index (κ3) is 3.04. The van der Waals surface area contributed by atoms with Crippen LogP contribution in [0.1, 0.15) is 41.3 Å². The number of nitrogens with zero attached hydrogens (tertiary/aromatic N) is 2. The summed E-state index contributed by atoms with van der Waals surface area (Å²) in [6.45, 7) is 0.381. The molecule has 1 aromatic carbocycles. The largest absolute Gasteiger partial charge is 0.489 e. The third-order valence-corrected chi connectivity index (χ3v) is 3.74. The predicted octanol–water partition coefficient (Wildman–Crippen LogP) is 2.90. The first-order chi connectivity index (χ1) is 10.3. The van der Waals surface area contributed by atoms with Crippen LogP contribution in [0.15, 0.2) is 36.5 Å². The minimum Gasteiger partial charge on any atom is -0.489 e. The Bertz CT molecular complexity index is 691. The summed E-state index contributed by atoms with van der Waals surface area (Å²) in [5, 5.41) is 18.9. The summed E-state index contributed by atoms with van der Waals surface area (Å²) in [6, 6.07) is 11.4. The van der Waals surface area contributed by atoms with Gasteiger partial charge in [0.2, 0.25) is 0 Å². The molecule has 0 fully saturated rings. The molecule has 0 saturated carbocycles. The van der Waals surface area contributed by atoms with Crippen molar-refractivity contribution in [1.29, 1.82) is 5.26 Å². The summed E-state index contributed by atoms with van der Waals surface area (Å²) < 4.78 is 5.76. The Morgan fingerprint density at radius 3 is 3.10 bits per heavy atom. The molecule has 1 N–H and O–H groups in total. The molecule has 21 heavy (non-hydrogen) atoms. The van der Waals surface area contributed by atoms with Crippen LogP contribution in [0, 0.1) is 11.3 Å². The van der Waals surface area contributed by atoms with E-state index in [-0.39, 0.29) is 6.10 Å². The van der Waals surface area contributed by atoms with Crippen LogP contribution in [0.2, 0.25) is 0 Å². The lowest BCUT2D eigenvalue weighted by Crippen LogP contribution is -2.09. The van der Waals surface area contributed by atoms with Crippen molar-refractivity contribution in [3.8, 4) is 11.8 Å². The van der Waals surface area contributed by atoms with Crippen LogP contribution in [0.25, 0.3) is 0 Å². The maximum Gasteiger partial charge on any atom is 0.140 e. The molecule has 2 aromatic rings. The van der Waals surface area contributed by atoms with Crippen molar-refractivity contribution in [1.82, 2.24) is 4.98 Å². The van der Waals surface area contributed by atoms with Gasteiger partial charge in [0.25, 0.3) is 0 Å². The first-order valence-electron chi connectivity index (χ1n) is 7.05. The summed E-state index contributed by atoms with van der Waals surface area (Å²) in [6.07, 6.45) is 4.08. The predicted molar refractivity (Wildman–Crippen MR) is 77.6 cm³/mol. The van der Waals surface area contributed by atoms with Crippen molar-refractivity contribution in [2.75, 3.05) is 0 Å². The van der Waals surface area contributed by atoms with Gasteiger partial charge in [-0.3, -0.25) is 0 Å². The number of rotatable bonds is 3. The van der Waals surface area contributed by atoms with Crippen molar-refractivity contribution in [2.45, 2.75) is 32.0 Å². The lowest BCUT2D eigenvalue weighted by molar-refractivity contribution is 0.156. The molecule has 4 heteroatoms. The highest BCUT2D eigenvalue weighted by Gasteiger charge is 2.18. The molecule has 0 saturated heterocycles. The number of nitriles is 1. The number of aliphatic hydroxyl groups is 1. The van der Waals surface area contributed by atoms with Crippen molar-refractivity contribution in [2.24, 2.45) is 0 Å². The van der Waals surface area contributed by atoms with Gasteiger partial charge in [0.1, 0.15) is 24.1 Å². The maximum absolute atomic E-state index is 10.0. The molecule has 1 aliphatic carbocycles. The fraction of sp³-hybridized carbons (Fsp3) is 0.294. The zero-order chi connectivity index (χ0) is 14.7. The topological polar surface area (TPSA) is 66.1 Å². The lowest BCUT2D eigenvalue weighted by atomic mass is 9.89. The van der Waals surface area contributed by atoms with Gasteiger partial charge in [-0.1, -0.05) is 6.07 Å². The van der Waals surface area contributed by atoms with E-state index in [1.807, 2.05) is 30.3 Å². The van der Waals surface area contributed by atoms with E-state index in [2.05, 4.69) is 4.98 Å². The highest BCUT2D eigenvalue weighted by Crippen LogP contribution is 2.32. The summed E-state index contributed by atoms with van der Waals surface area (Å²) in [5.74, 6) is 0.741. The summed E-state index contributed by atoms with van der Waals surface area (Å²) in [4.78, 5) is 3.93. The lowest BCUT2D eigenvalue weighted by Gasteiger charge is -2.22. The number of hydrogen-bond donors (Lipinski definition) is 1. The minimum absolute atomic E-state index is 0.381. The van der Waals surface area contributed by atoms with Crippen LogP contribution in [-0.2, 0) is 13.0 Å². The Morgan fingerprint density at radius 1 is 1.33 bits per heavy atom. The number of ether oxygens (including phenoxy) is 1. The van der Waals surface area contributed by atoms with Crippen LogP contribution >= 0.6 is 0 Å². The fourth-order valence-corrected chi connectivity index (χ4v) is 2.63. The van der Waals surface area contributed by atoms with Crippen molar-refractivity contribution in [3.63, 3.8) is 0 Å². The molecule has 1 atom stereocenters. The maximum atomic E-state index is 10.0. The molecular formula is C17H16N2O2. The molecule has 0 radical (unpaired) electrons. The zero-order valence-corrected chi connectivity index (χ0v) is 11.6. The zero-order valence-electron chi connectivity index (χ0n) is 11.6. The molecule has 0 amide bonds. The first kappa shape index (κ1) is 13.6. The average Bonchev–Trinajstić information content (AvgIpc) is 2.54. The van der Waals surface area contributed by atoms with E-state index in [1.54, 1.807) is 12.3 Å². The Balaban J connectivity index is 1.73. The highest BCUT2D eigenvalue weighted by atomic mass is 16.5. The minimum atomic E-state index is -0.386. The Kier molecular flexibility index (Phi) is 3.85. The van der Waals surface area contributed by atoms with E-state index in [4.69, 9.17) is 10.00 Å². The van der Waals surface area contributed by atoms with Gasteiger partial charge in [-0.05, 0) is 60.2 Å². The van der Waals surface area contributed by atoms with E-state index in [1.165, 1.54) is 5.56 Å². The molecule has 3 rings (SSSR count). The van der Waals surface area contributed by atoms with Crippen LogP contribution in [0.3, 0.4) is 0 Å². The van der Waals surface area contributed by atoms with Gasteiger partial charge >= 0.3 is 0 Å². The number of pyridine rings is 1. The summed E-state index contributed by atoms with van der Waals surface area (Å²) >= 11 is 0. The standard InChI is InChI=1S/C17H16N2O2/c18-10-14-8-12(6-7-19-14)11-21-15-5-4-13-2-1-3-17(20)16(13)9-15/h4-9,17,20H,1-3,11H2. The normalized spacial score (nSPS) is 16.9. The second kappa shape index (κ2) is 5.94. The summed E-state index contributed by atoms with van der Waals surface area (Å²) in [7, 11) is 0. The quantitative estimate of drug-likeness (QED) is 0.938. The number of aryl methyl sites for hydroxylation is 1. The molecule has 4 nitrogen and oxygen atoms in total. The number of benzene rings is 1. The molecule has 0 aliphatic heterocycles. The van der Waals surface area contributed by atoms with Gasteiger partial charge in [-0.15, -0.1) is 0 Å². The Morgan fingerprint density at radius 2 is 2.24 bits per heavy atom. The first-order valence-corrected chi connectivity index (χ1v) is 7.05. The van der Waals surface area contributed by atoms with Gasteiger partial charge in [0, 0.05) is 6.20 Å². The van der Waals surface area contributed by atoms with Crippen molar-refractivity contribution >= 4 is 0 Å². The fourth-order valence-electron chi connectivity index (χ4n) is 2.63. The van der Waals surface area contributed by atoms with E-state index < -0.39 is 0 Å². The molecular weight excluding hydrogens is 264 g/mol. The SMILES string of the molecule is N#Cc1cc(COc2ccc3c(c2)C(O)CCC3)ccn1. The van der Waals surface area contributed by atoms with Crippen LogP contribution in [0.4, 0.5) is 0 Å². The molecule has 106 valence electrons. The van der Waals surface area contributed by atoms with E-state index >= 15 is 0 Å². The molecule has 1 heterocycles.